The van der Waals surface area contributed by atoms with Gasteiger partial charge in [0.2, 0.25) is 6.79 Å². The van der Waals surface area contributed by atoms with Gasteiger partial charge in [-0.05, 0) is 60.8 Å². The molecule has 184 valence electrons. The predicted octanol–water partition coefficient (Wildman–Crippen LogP) is 4.73. The Morgan fingerprint density at radius 2 is 1.72 bits per heavy atom. The number of hydrogen-bond acceptors (Lipinski definition) is 4. The molecule has 1 aliphatic heterocycles. The molecule has 6 nitrogen and oxygen atoms in total. The number of nitrogens with zero attached hydrogens (tertiary/aromatic N) is 1. The molecular weight excluding hydrogens is 470 g/mol. The number of nitrogens with one attached hydrogen (secondary N) is 2. The van der Waals surface area contributed by atoms with Crippen molar-refractivity contribution in [2.24, 2.45) is 0 Å². The van der Waals surface area contributed by atoms with E-state index in [1.165, 1.54) is 16.7 Å². The molecule has 7 heteroatoms. The Hall–Kier alpha value is -3.84. The van der Waals surface area contributed by atoms with Crippen LogP contribution >= 0.6 is 12.2 Å². The number of thiocarbonyl (C=S) groups is 1. The Balaban J connectivity index is 1.35. The molecule has 0 radical (unpaired) electrons. The molecule has 0 aliphatic carbocycles. The quantitative estimate of drug-likeness (QED) is 0.342. The van der Waals surface area contributed by atoms with Crippen molar-refractivity contribution in [3.63, 3.8) is 0 Å². The first kappa shape index (κ1) is 23.9. The second-order valence-corrected chi connectivity index (χ2v) is 9.37. The highest BCUT2D eigenvalue weighted by Crippen LogP contribution is 2.35. The number of aromatic amines is 1. The molecule has 2 N–H and O–H groups in total. The minimum absolute atomic E-state index is 0.130. The smallest absolute Gasteiger partial charge is 0.253 e. The van der Waals surface area contributed by atoms with Crippen molar-refractivity contribution in [3.05, 3.63) is 105 Å². The average molecular weight is 500 g/mol. The van der Waals surface area contributed by atoms with E-state index in [0.29, 0.717) is 35.3 Å². The Kier molecular flexibility index (Phi) is 7.18. The summed E-state index contributed by atoms with van der Waals surface area (Å²) in [5, 5.41) is 4.94. The summed E-state index contributed by atoms with van der Waals surface area (Å²) in [6.07, 6.45) is 1.70. The van der Waals surface area contributed by atoms with Crippen LogP contribution in [0.4, 0.5) is 0 Å². The van der Waals surface area contributed by atoms with E-state index in [2.05, 4.69) is 52.5 Å². The van der Waals surface area contributed by atoms with Crippen LogP contribution in [0.1, 0.15) is 22.3 Å². The van der Waals surface area contributed by atoms with Crippen LogP contribution in [0, 0.1) is 6.92 Å². The zero-order chi connectivity index (χ0) is 24.9. The topological polar surface area (TPSA) is 66.6 Å². The van der Waals surface area contributed by atoms with Crippen molar-refractivity contribution in [2.75, 3.05) is 19.9 Å². The van der Waals surface area contributed by atoms with E-state index in [1.807, 2.05) is 42.5 Å². The summed E-state index contributed by atoms with van der Waals surface area (Å²) < 4.78 is 11.0. The van der Waals surface area contributed by atoms with Crippen LogP contribution in [0.3, 0.4) is 0 Å². The van der Waals surface area contributed by atoms with Gasteiger partial charge in [-0.25, -0.2) is 0 Å². The number of rotatable bonds is 8. The maximum Gasteiger partial charge on any atom is 0.253 e. The van der Waals surface area contributed by atoms with Gasteiger partial charge in [0.25, 0.3) is 5.56 Å². The first-order chi connectivity index (χ1) is 17.6. The molecule has 1 aromatic heterocycles. The lowest BCUT2D eigenvalue weighted by atomic mass is 10.1. The fourth-order valence-electron chi connectivity index (χ4n) is 4.43. The van der Waals surface area contributed by atoms with Gasteiger partial charge in [-0.3, -0.25) is 4.79 Å². The molecule has 0 fully saturated rings. The molecule has 0 saturated carbocycles. The van der Waals surface area contributed by atoms with Crippen LogP contribution < -0.4 is 20.3 Å². The molecule has 2 heterocycles. The van der Waals surface area contributed by atoms with E-state index in [4.69, 9.17) is 21.7 Å². The van der Waals surface area contributed by atoms with Crippen LogP contribution in [0.2, 0.25) is 0 Å². The molecule has 3 aromatic carbocycles. The Labute approximate surface area is 215 Å². The molecule has 0 unspecified atom stereocenters. The second-order valence-electron chi connectivity index (χ2n) is 8.98. The van der Waals surface area contributed by atoms with Gasteiger partial charge in [0.15, 0.2) is 16.6 Å². The van der Waals surface area contributed by atoms with E-state index in [-0.39, 0.29) is 12.4 Å². The van der Waals surface area contributed by atoms with E-state index in [9.17, 15) is 4.79 Å². The summed E-state index contributed by atoms with van der Waals surface area (Å²) in [6, 6.07) is 24.3. The molecule has 36 heavy (non-hydrogen) atoms. The SMILES string of the molecule is Cc1ccccc1CCN(Cc1cc2cc3c(cc2[nH]c1=O)OCO3)C(=S)NCCc1ccccc1. The molecule has 4 aromatic rings. The highest BCUT2D eigenvalue weighted by molar-refractivity contribution is 7.80. The molecule has 0 bridgehead atoms. The highest BCUT2D eigenvalue weighted by Gasteiger charge is 2.17. The Morgan fingerprint density at radius 1 is 0.972 bits per heavy atom. The van der Waals surface area contributed by atoms with Gasteiger partial charge in [0.1, 0.15) is 0 Å². The second kappa shape index (κ2) is 10.8. The Morgan fingerprint density at radius 3 is 2.53 bits per heavy atom. The molecular formula is C29H29N3O3S. The maximum atomic E-state index is 13.0. The number of pyridine rings is 1. The van der Waals surface area contributed by atoms with Crippen LogP contribution in [-0.2, 0) is 19.4 Å². The summed E-state index contributed by atoms with van der Waals surface area (Å²) in [4.78, 5) is 18.1. The van der Waals surface area contributed by atoms with Gasteiger partial charge in [-0.1, -0.05) is 54.6 Å². The monoisotopic (exact) mass is 499 g/mol. The number of fused-ring (bicyclic) bond motifs is 2. The van der Waals surface area contributed by atoms with Crippen molar-refractivity contribution in [3.8, 4) is 11.5 Å². The van der Waals surface area contributed by atoms with E-state index >= 15 is 0 Å². The fourth-order valence-corrected chi connectivity index (χ4v) is 4.69. The largest absolute Gasteiger partial charge is 0.454 e. The van der Waals surface area contributed by atoms with Gasteiger partial charge < -0.3 is 24.7 Å². The van der Waals surface area contributed by atoms with Gasteiger partial charge >= 0.3 is 0 Å². The first-order valence-corrected chi connectivity index (χ1v) is 12.5. The molecule has 0 saturated heterocycles. The van der Waals surface area contributed by atoms with Crippen molar-refractivity contribution in [1.82, 2.24) is 15.2 Å². The van der Waals surface area contributed by atoms with Crippen molar-refractivity contribution in [1.29, 1.82) is 0 Å². The van der Waals surface area contributed by atoms with Crippen molar-refractivity contribution in [2.45, 2.75) is 26.3 Å². The van der Waals surface area contributed by atoms with Crippen LogP contribution in [0.5, 0.6) is 11.5 Å². The third-order valence-corrected chi connectivity index (χ3v) is 6.91. The lowest BCUT2D eigenvalue weighted by Crippen LogP contribution is -2.42. The number of hydrogen-bond donors (Lipinski definition) is 2. The van der Waals surface area contributed by atoms with E-state index in [0.717, 1.165) is 30.3 Å². The zero-order valence-corrected chi connectivity index (χ0v) is 21.1. The number of aryl methyl sites for hydroxylation is 1. The summed E-state index contributed by atoms with van der Waals surface area (Å²) in [6.45, 7) is 4.14. The third kappa shape index (κ3) is 5.52. The minimum Gasteiger partial charge on any atom is -0.454 e. The normalized spacial score (nSPS) is 12.0. The summed E-state index contributed by atoms with van der Waals surface area (Å²) >= 11 is 5.81. The third-order valence-electron chi connectivity index (χ3n) is 6.51. The van der Waals surface area contributed by atoms with E-state index < -0.39 is 0 Å². The summed E-state index contributed by atoms with van der Waals surface area (Å²) in [5.41, 5.74) is 5.02. The number of ether oxygens (including phenoxy) is 2. The van der Waals surface area contributed by atoms with Gasteiger partial charge in [0.05, 0.1) is 12.1 Å². The van der Waals surface area contributed by atoms with Gasteiger partial charge in [-0.2, -0.15) is 0 Å². The van der Waals surface area contributed by atoms with Crippen LogP contribution in [-0.4, -0.2) is 34.9 Å². The lowest BCUT2D eigenvalue weighted by molar-refractivity contribution is 0.174. The average Bonchev–Trinajstić information content (AvgIpc) is 3.34. The Bertz CT molecular complexity index is 1440. The maximum absolute atomic E-state index is 13.0. The van der Waals surface area contributed by atoms with Crippen LogP contribution in [0.25, 0.3) is 10.9 Å². The van der Waals surface area contributed by atoms with Gasteiger partial charge in [-0.15, -0.1) is 0 Å². The van der Waals surface area contributed by atoms with E-state index in [1.54, 1.807) is 0 Å². The number of aromatic nitrogens is 1. The summed E-state index contributed by atoms with van der Waals surface area (Å²) in [7, 11) is 0. The molecule has 0 atom stereocenters. The number of H-pyrrole nitrogens is 1. The molecule has 1 aliphatic rings. The molecule has 0 amide bonds. The van der Waals surface area contributed by atoms with Crippen molar-refractivity contribution < 1.29 is 9.47 Å². The minimum atomic E-state index is -0.130. The predicted molar refractivity (Wildman–Crippen MR) is 147 cm³/mol. The van der Waals surface area contributed by atoms with Crippen molar-refractivity contribution >= 4 is 28.2 Å². The lowest BCUT2D eigenvalue weighted by Gasteiger charge is -2.26. The first-order valence-electron chi connectivity index (χ1n) is 12.1. The van der Waals surface area contributed by atoms with Gasteiger partial charge in [0, 0.05) is 30.1 Å². The zero-order valence-electron chi connectivity index (χ0n) is 20.3. The van der Waals surface area contributed by atoms with Crippen LogP contribution in [0.15, 0.2) is 77.6 Å². The number of benzene rings is 3. The molecule has 0 spiro atoms. The summed E-state index contributed by atoms with van der Waals surface area (Å²) in [5.74, 6) is 1.34. The fraction of sp³-hybridized carbons (Fsp3) is 0.241. The standard InChI is InChI=1S/C29H29N3O3S/c1-20-7-5-6-10-22(20)12-14-32(29(36)30-13-11-21-8-3-2-4-9-21)18-24-15-23-16-26-27(35-19-34-26)17-25(23)31-28(24)33/h2-10,15-17H,11-14,18-19H2,1H3,(H,30,36)(H,31,33). The highest BCUT2D eigenvalue weighted by atomic mass is 32.1. The molecule has 5 rings (SSSR count).